The summed E-state index contributed by atoms with van der Waals surface area (Å²) in [4.78, 5) is 16.6. The van der Waals surface area contributed by atoms with Gasteiger partial charge in [0.1, 0.15) is 11.5 Å². The second kappa shape index (κ2) is 8.03. The Morgan fingerprint density at radius 2 is 1.92 bits per heavy atom. The van der Waals surface area contributed by atoms with Gasteiger partial charge >= 0.3 is 0 Å². The Hall–Kier alpha value is -2.53. The van der Waals surface area contributed by atoms with Crippen LogP contribution >= 0.6 is 0 Å². The molecule has 2 aromatic carbocycles. The summed E-state index contributed by atoms with van der Waals surface area (Å²) in [5.74, 6) is 1.76. The fourth-order valence-electron chi connectivity index (χ4n) is 3.08. The van der Waals surface area contributed by atoms with Gasteiger partial charge in [-0.3, -0.25) is 9.69 Å². The Morgan fingerprint density at radius 1 is 1.08 bits per heavy atom. The van der Waals surface area contributed by atoms with E-state index in [9.17, 15) is 4.79 Å². The summed E-state index contributed by atoms with van der Waals surface area (Å²) in [6.07, 6.45) is 0. The van der Waals surface area contributed by atoms with E-state index in [1.807, 2.05) is 54.3 Å². The molecule has 5 nitrogen and oxygen atoms in total. The van der Waals surface area contributed by atoms with Crippen LogP contribution in [0.25, 0.3) is 0 Å². The van der Waals surface area contributed by atoms with Gasteiger partial charge in [-0.05, 0) is 25.1 Å². The fourth-order valence-corrected chi connectivity index (χ4v) is 3.08. The van der Waals surface area contributed by atoms with E-state index in [-0.39, 0.29) is 5.91 Å². The number of piperazine rings is 1. The van der Waals surface area contributed by atoms with Crippen molar-refractivity contribution >= 4 is 11.6 Å². The van der Waals surface area contributed by atoms with Gasteiger partial charge in [0.2, 0.25) is 5.91 Å². The summed E-state index contributed by atoms with van der Waals surface area (Å²) < 4.78 is 10.9. The molecule has 0 N–H and O–H groups in total. The molecule has 2 aromatic rings. The van der Waals surface area contributed by atoms with Gasteiger partial charge in [0, 0.05) is 37.0 Å². The van der Waals surface area contributed by atoms with Crippen molar-refractivity contribution < 1.29 is 14.3 Å². The van der Waals surface area contributed by atoms with Crippen LogP contribution in [0.2, 0.25) is 0 Å². The number of rotatable bonds is 6. The molecule has 0 saturated carbocycles. The zero-order chi connectivity index (χ0) is 17.6. The second-order valence-corrected chi connectivity index (χ2v) is 6.00. The van der Waals surface area contributed by atoms with Crippen LogP contribution in [0.1, 0.15) is 12.5 Å². The number of amides is 1. The normalized spacial score (nSPS) is 15.3. The number of benzene rings is 2. The standard InChI is InChI=1S/C20H24N2O3/c1-3-25-19-10-5-4-7-16(19)14-21-11-12-22(20(23)15-21)17-8-6-9-18(13-17)24-2/h4-10,13H,3,11-12,14-15H2,1-2H3. The third kappa shape index (κ3) is 4.12. The minimum absolute atomic E-state index is 0.105. The molecule has 0 bridgehead atoms. The van der Waals surface area contributed by atoms with Crippen LogP contribution in [-0.2, 0) is 11.3 Å². The molecule has 1 saturated heterocycles. The number of methoxy groups -OCH3 is 1. The number of hydrogen-bond donors (Lipinski definition) is 0. The first-order valence-electron chi connectivity index (χ1n) is 8.58. The number of hydrogen-bond acceptors (Lipinski definition) is 4. The number of ether oxygens (including phenoxy) is 2. The van der Waals surface area contributed by atoms with Crippen molar-refractivity contribution in [1.82, 2.24) is 4.90 Å². The van der Waals surface area contributed by atoms with E-state index in [2.05, 4.69) is 11.0 Å². The molecule has 1 aliphatic heterocycles. The van der Waals surface area contributed by atoms with Crippen molar-refractivity contribution in [3.8, 4) is 11.5 Å². The lowest BCUT2D eigenvalue weighted by Crippen LogP contribution is -2.50. The summed E-state index contributed by atoms with van der Waals surface area (Å²) in [5.41, 5.74) is 2.01. The molecule has 1 aliphatic rings. The Morgan fingerprint density at radius 3 is 2.68 bits per heavy atom. The number of anilines is 1. The maximum absolute atomic E-state index is 12.6. The van der Waals surface area contributed by atoms with Crippen molar-refractivity contribution in [1.29, 1.82) is 0 Å². The highest BCUT2D eigenvalue weighted by atomic mass is 16.5. The van der Waals surface area contributed by atoms with Gasteiger partial charge in [0.25, 0.3) is 0 Å². The first kappa shape index (κ1) is 17.3. The lowest BCUT2D eigenvalue weighted by molar-refractivity contribution is -0.121. The molecule has 0 atom stereocenters. The highest BCUT2D eigenvalue weighted by molar-refractivity contribution is 5.95. The zero-order valence-corrected chi connectivity index (χ0v) is 14.8. The van der Waals surface area contributed by atoms with Gasteiger partial charge in [-0.25, -0.2) is 0 Å². The molecule has 1 heterocycles. The molecular formula is C20H24N2O3. The lowest BCUT2D eigenvalue weighted by atomic mass is 10.1. The van der Waals surface area contributed by atoms with Crippen LogP contribution in [0.15, 0.2) is 48.5 Å². The molecule has 0 spiro atoms. The van der Waals surface area contributed by atoms with E-state index < -0.39 is 0 Å². The molecule has 3 rings (SSSR count). The smallest absolute Gasteiger partial charge is 0.241 e. The van der Waals surface area contributed by atoms with Crippen LogP contribution < -0.4 is 14.4 Å². The molecule has 0 radical (unpaired) electrons. The third-order valence-electron chi connectivity index (χ3n) is 4.33. The number of carbonyl (C=O) groups excluding carboxylic acids is 1. The summed E-state index contributed by atoms with van der Waals surface area (Å²) in [6, 6.07) is 15.7. The van der Waals surface area contributed by atoms with Crippen molar-refractivity contribution in [2.24, 2.45) is 0 Å². The lowest BCUT2D eigenvalue weighted by Gasteiger charge is -2.34. The van der Waals surface area contributed by atoms with Crippen molar-refractivity contribution in [2.45, 2.75) is 13.5 Å². The number of carbonyl (C=O) groups is 1. The first-order valence-corrected chi connectivity index (χ1v) is 8.58. The fraction of sp³-hybridized carbons (Fsp3) is 0.350. The van der Waals surface area contributed by atoms with E-state index >= 15 is 0 Å². The topological polar surface area (TPSA) is 42.0 Å². The minimum Gasteiger partial charge on any atom is -0.497 e. The van der Waals surface area contributed by atoms with Crippen LogP contribution in [-0.4, -0.2) is 44.2 Å². The maximum atomic E-state index is 12.6. The van der Waals surface area contributed by atoms with Crippen LogP contribution in [0.5, 0.6) is 11.5 Å². The quantitative estimate of drug-likeness (QED) is 0.811. The van der Waals surface area contributed by atoms with Crippen LogP contribution in [0.3, 0.4) is 0 Å². The monoisotopic (exact) mass is 340 g/mol. The zero-order valence-electron chi connectivity index (χ0n) is 14.8. The molecule has 0 aliphatic carbocycles. The van der Waals surface area contributed by atoms with E-state index in [4.69, 9.17) is 9.47 Å². The summed E-state index contributed by atoms with van der Waals surface area (Å²) in [6.45, 7) is 5.23. The predicted molar refractivity (Wildman–Crippen MR) is 98.2 cm³/mol. The van der Waals surface area contributed by atoms with E-state index in [1.165, 1.54) is 0 Å². The first-order chi connectivity index (χ1) is 12.2. The van der Waals surface area contributed by atoms with Crippen molar-refractivity contribution in [2.75, 3.05) is 38.3 Å². The van der Waals surface area contributed by atoms with Crippen molar-refractivity contribution in [3.05, 3.63) is 54.1 Å². The Bertz CT molecular complexity index is 732. The average molecular weight is 340 g/mol. The van der Waals surface area contributed by atoms with E-state index in [0.29, 0.717) is 26.2 Å². The van der Waals surface area contributed by atoms with Crippen LogP contribution in [0, 0.1) is 0 Å². The van der Waals surface area contributed by atoms with Gasteiger partial charge in [0.05, 0.1) is 20.3 Å². The highest BCUT2D eigenvalue weighted by Crippen LogP contribution is 2.24. The van der Waals surface area contributed by atoms with Gasteiger partial charge < -0.3 is 14.4 Å². The molecule has 0 unspecified atom stereocenters. The molecule has 0 aromatic heterocycles. The molecule has 25 heavy (non-hydrogen) atoms. The highest BCUT2D eigenvalue weighted by Gasteiger charge is 2.25. The van der Waals surface area contributed by atoms with Gasteiger partial charge in [0.15, 0.2) is 0 Å². The third-order valence-corrected chi connectivity index (χ3v) is 4.33. The predicted octanol–water partition coefficient (Wildman–Crippen LogP) is 2.94. The summed E-state index contributed by atoms with van der Waals surface area (Å²) >= 11 is 0. The molecule has 1 fully saturated rings. The van der Waals surface area contributed by atoms with Crippen molar-refractivity contribution in [3.63, 3.8) is 0 Å². The maximum Gasteiger partial charge on any atom is 0.241 e. The Balaban J connectivity index is 1.67. The van der Waals surface area contributed by atoms with Gasteiger partial charge in [-0.2, -0.15) is 0 Å². The van der Waals surface area contributed by atoms with Gasteiger partial charge in [-0.15, -0.1) is 0 Å². The van der Waals surface area contributed by atoms with Crippen LogP contribution in [0.4, 0.5) is 5.69 Å². The molecule has 5 heteroatoms. The van der Waals surface area contributed by atoms with E-state index in [0.717, 1.165) is 29.3 Å². The molecule has 132 valence electrons. The Labute approximate surface area is 148 Å². The second-order valence-electron chi connectivity index (χ2n) is 6.00. The van der Waals surface area contributed by atoms with E-state index in [1.54, 1.807) is 7.11 Å². The van der Waals surface area contributed by atoms with Gasteiger partial charge in [-0.1, -0.05) is 24.3 Å². The largest absolute Gasteiger partial charge is 0.497 e. The summed E-state index contributed by atoms with van der Waals surface area (Å²) in [5, 5.41) is 0. The summed E-state index contributed by atoms with van der Waals surface area (Å²) in [7, 11) is 1.63. The number of nitrogens with zero attached hydrogens (tertiary/aromatic N) is 2. The molecule has 1 amide bonds. The molecular weight excluding hydrogens is 316 g/mol. The SMILES string of the molecule is CCOc1ccccc1CN1CCN(c2cccc(OC)c2)C(=O)C1. The Kier molecular flexibility index (Phi) is 5.56. The number of para-hydroxylation sites is 1. The minimum atomic E-state index is 0.105. The average Bonchev–Trinajstić information content (AvgIpc) is 2.64.